The lowest BCUT2D eigenvalue weighted by Crippen LogP contribution is -2.53. The van der Waals surface area contributed by atoms with E-state index in [0.29, 0.717) is 35.9 Å². The van der Waals surface area contributed by atoms with Crippen molar-refractivity contribution in [3.05, 3.63) is 30.5 Å². The van der Waals surface area contributed by atoms with Gasteiger partial charge in [-0.3, -0.25) is 9.59 Å². The van der Waals surface area contributed by atoms with E-state index in [1.54, 1.807) is 6.08 Å². The van der Waals surface area contributed by atoms with E-state index >= 15 is 0 Å². The Bertz CT molecular complexity index is 653. The summed E-state index contributed by atoms with van der Waals surface area (Å²) >= 11 is 0. The Labute approximate surface area is 145 Å². The monoisotopic (exact) mass is 324 g/mol. The summed E-state index contributed by atoms with van der Waals surface area (Å²) in [5.74, 6) is 2.90. The summed E-state index contributed by atoms with van der Waals surface area (Å²) in [6.45, 7) is 6.06. The first kappa shape index (κ1) is 16.1. The summed E-state index contributed by atoms with van der Waals surface area (Å²) in [5.41, 5.74) is 2.97. The molecule has 3 saturated carbocycles. The largest absolute Gasteiger partial charge is 0.299 e. The van der Waals surface area contributed by atoms with Gasteiger partial charge in [-0.1, -0.05) is 19.6 Å². The quantitative estimate of drug-likeness (QED) is 0.693. The minimum Gasteiger partial charge on any atom is -0.299 e. The van der Waals surface area contributed by atoms with Gasteiger partial charge in [0.1, 0.15) is 5.78 Å². The molecule has 0 N–H and O–H groups in total. The predicted octanol–water partition coefficient (Wildman–Crippen LogP) is 4.65. The Morgan fingerprint density at radius 3 is 2.83 bits per heavy atom. The van der Waals surface area contributed by atoms with Crippen molar-refractivity contribution < 1.29 is 9.59 Å². The van der Waals surface area contributed by atoms with E-state index in [9.17, 15) is 9.59 Å². The Balaban J connectivity index is 1.76. The highest BCUT2D eigenvalue weighted by atomic mass is 16.1. The molecular formula is C22H28O2. The van der Waals surface area contributed by atoms with Gasteiger partial charge in [0.25, 0.3) is 0 Å². The molecule has 4 aliphatic rings. The molecule has 2 nitrogen and oxygen atoms in total. The molecule has 0 unspecified atom stereocenters. The van der Waals surface area contributed by atoms with Crippen molar-refractivity contribution in [2.24, 2.45) is 34.5 Å². The number of carbonyl (C=O) groups excluding carboxylic acids is 2. The third-order valence-corrected chi connectivity index (χ3v) is 8.07. The summed E-state index contributed by atoms with van der Waals surface area (Å²) in [4.78, 5) is 24.6. The number of allylic oxidation sites excluding steroid dienone is 3. The Hall–Kier alpha value is -1.40. The molecule has 0 spiro atoms. The van der Waals surface area contributed by atoms with Crippen molar-refractivity contribution >= 4 is 11.6 Å². The normalized spacial score (nSPS) is 46.7. The smallest absolute Gasteiger partial charge is 0.155 e. The zero-order valence-corrected chi connectivity index (χ0v) is 14.7. The van der Waals surface area contributed by atoms with Crippen LogP contribution < -0.4 is 0 Å². The van der Waals surface area contributed by atoms with Gasteiger partial charge in [-0.2, -0.15) is 0 Å². The number of ketones is 2. The third-order valence-electron chi connectivity index (χ3n) is 8.07. The minimum atomic E-state index is -0.0515. The van der Waals surface area contributed by atoms with Crippen molar-refractivity contribution in [2.75, 3.05) is 0 Å². The highest BCUT2D eigenvalue weighted by Gasteiger charge is 2.61. The van der Waals surface area contributed by atoms with Crippen LogP contribution in [0.1, 0.15) is 58.3 Å². The number of rotatable bonds is 2. The van der Waals surface area contributed by atoms with Crippen LogP contribution in [0.5, 0.6) is 0 Å². The van der Waals surface area contributed by atoms with E-state index in [0.717, 1.165) is 38.5 Å². The first-order chi connectivity index (χ1) is 11.6. The Kier molecular flexibility index (Phi) is 3.73. The van der Waals surface area contributed by atoms with Crippen LogP contribution in [0.25, 0.3) is 0 Å². The molecule has 0 saturated heterocycles. The Morgan fingerprint density at radius 1 is 1.25 bits per heavy atom. The van der Waals surface area contributed by atoms with Crippen molar-refractivity contribution in [3.8, 4) is 0 Å². The van der Waals surface area contributed by atoms with E-state index in [2.05, 4.69) is 31.4 Å². The van der Waals surface area contributed by atoms with Crippen LogP contribution in [0.15, 0.2) is 30.5 Å². The molecule has 4 aliphatic carbocycles. The molecule has 0 aromatic rings. The van der Waals surface area contributed by atoms with Crippen molar-refractivity contribution in [3.63, 3.8) is 0 Å². The van der Waals surface area contributed by atoms with Crippen molar-refractivity contribution in [2.45, 2.75) is 58.3 Å². The highest BCUT2D eigenvalue weighted by molar-refractivity contribution is 5.91. The van der Waals surface area contributed by atoms with Crippen LogP contribution in [0.4, 0.5) is 0 Å². The third kappa shape index (κ3) is 1.96. The summed E-state index contributed by atoms with van der Waals surface area (Å²) in [6.07, 6.45) is 14.1. The summed E-state index contributed by atoms with van der Waals surface area (Å²) in [6, 6.07) is 0. The van der Waals surface area contributed by atoms with Gasteiger partial charge in [0.15, 0.2) is 5.78 Å². The van der Waals surface area contributed by atoms with Crippen molar-refractivity contribution in [1.29, 1.82) is 0 Å². The number of hydrogen-bond acceptors (Lipinski definition) is 2. The van der Waals surface area contributed by atoms with Crippen LogP contribution >= 0.6 is 0 Å². The maximum absolute atomic E-state index is 12.7. The zero-order chi connectivity index (χ0) is 16.9. The number of carbonyl (C=O) groups is 2. The molecule has 6 atom stereocenters. The molecule has 0 radical (unpaired) electrons. The van der Waals surface area contributed by atoms with Gasteiger partial charge >= 0.3 is 0 Å². The van der Waals surface area contributed by atoms with Crippen LogP contribution in [0, 0.1) is 34.5 Å². The molecule has 4 rings (SSSR count). The van der Waals surface area contributed by atoms with Gasteiger partial charge < -0.3 is 0 Å². The van der Waals surface area contributed by atoms with Gasteiger partial charge in [0.05, 0.1) is 0 Å². The lowest BCUT2D eigenvalue weighted by Gasteiger charge is -2.58. The van der Waals surface area contributed by atoms with Gasteiger partial charge in [-0.25, -0.2) is 0 Å². The fourth-order valence-corrected chi connectivity index (χ4v) is 7.02. The standard InChI is InChI=1S/C22H28O2/c1-3-11-22-12-9-16(23)14-15(22)5-6-17-18-7-8-20(24)21(18,4-2)13-10-19(17)22/h9,11-12,15,17-19H,1,4-8,10,13-14H2,2H3/t15-,17-,18-,19-,21-,22-/m0/s1. The molecule has 3 fully saturated rings. The van der Waals surface area contributed by atoms with Crippen LogP contribution in [0.2, 0.25) is 0 Å². The number of fused-ring (bicyclic) bond motifs is 5. The highest BCUT2D eigenvalue weighted by Crippen LogP contribution is 2.65. The molecule has 0 amide bonds. The average molecular weight is 324 g/mol. The fraction of sp³-hybridized carbons (Fsp3) is 0.682. The fourth-order valence-electron chi connectivity index (χ4n) is 7.02. The van der Waals surface area contributed by atoms with Gasteiger partial charge in [-0.05, 0) is 74.3 Å². The molecule has 0 aliphatic heterocycles. The first-order valence-corrected chi connectivity index (χ1v) is 9.70. The summed E-state index contributed by atoms with van der Waals surface area (Å²) < 4.78 is 0. The van der Waals surface area contributed by atoms with E-state index in [1.165, 1.54) is 6.42 Å². The van der Waals surface area contributed by atoms with E-state index < -0.39 is 0 Å². The van der Waals surface area contributed by atoms with Crippen LogP contribution in [0.3, 0.4) is 0 Å². The molecule has 0 aromatic carbocycles. The average Bonchev–Trinajstić information content (AvgIpc) is 2.93. The SMILES string of the molecule is C=C=C[C@]12C=CC(=O)C[C@@H]1CC[C@H]1[C@@H]3CCC(=O)[C@@]3(CC)CC[C@@H]12. The molecule has 24 heavy (non-hydrogen) atoms. The molecule has 0 aromatic heterocycles. The maximum atomic E-state index is 12.7. The lowest BCUT2D eigenvalue weighted by atomic mass is 9.45. The van der Waals surface area contributed by atoms with Gasteiger partial charge in [0.2, 0.25) is 0 Å². The maximum Gasteiger partial charge on any atom is 0.155 e. The Morgan fingerprint density at radius 2 is 2.08 bits per heavy atom. The van der Waals surface area contributed by atoms with E-state index in [-0.39, 0.29) is 16.6 Å². The van der Waals surface area contributed by atoms with Crippen LogP contribution in [-0.4, -0.2) is 11.6 Å². The molecule has 128 valence electrons. The summed E-state index contributed by atoms with van der Waals surface area (Å²) in [7, 11) is 0. The van der Waals surface area contributed by atoms with E-state index in [1.807, 2.05) is 0 Å². The van der Waals surface area contributed by atoms with Gasteiger partial charge in [0, 0.05) is 23.7 Å². The second kappa shape index (κ2) is 5.56. The lowest BCUT2D eigenvalue weighted by molar-refractivity contribution is -0.136. The summed E-state index contributed by atoms with van der Waals surface area (Å²) in [5, 5.41) is 0. The first-order valence-electron chi connectivity index (χ1n) is 9.70. The predicted molar refractivity (Wildman–Crippen MR) is 94.3 cm³/mol. The molecule has 0 heterocycles. The number of Topliss-reactive ketones (excluding diaryl/α,β-unsaturated/α-hetero) is 1. The van der Waals surface area contributed by atoms with Gasteiger partial charge in [-0.15, -0.1) is 5.73 Å². The zero-order valence-electron chi connectivity index (χ0n) is 14.7. The number of hydrogen-bond donors (Lipinski definition) is 0. The van der Waals surface area contributed by atoms with Crippen LogP contribution in [-0.2, 0) is 9.59 Å². The molecule has 2 heteroatoms. The minimum absolute atomic E-state index is 0.0404. The van der Waals surface area contributed by atoms with E-state index in [4.69, 9.17) is 0 Å². The van der Waals surface area contributed by atoms with Crippen molar-refractivity contribution in [1.82, 2.24) is 0 Å². The molecule has 0 bridgehead atoms. The second-order valence-corrected chi connectivity index (χ2v) is 8.51. The topological polar surface area (TPSA) is 34.1 Å². The second-order valence-electron chi connectivity index (χ2n) is 8.51. The molecular weight excluding hydrogens is 296 g/mol.